The van der Waals surface area contributed by atoms with Gasteiger partial charge in [0.15, 0.2) is 0 Å². The van der Waals surface area contributed by atoms with Crippen molar-refractivity contribution in [2.75, 3.05) is 6.61 Å². The van der Waals surface area contributed by atoms with Crippen molar-refractivity contribution < 1.29 is 4.74 Å². The van der Waals surface area contributed by atoms with Gasteiger partial charge in [0.25, 0.3) is 0 Å². The van der Waals surface area contributed by atoms with Crippen molar-refractivity contribution in [2.24, 2.45) is 5.92 Å². The second-order valence-electron chi connectivity index (χ2n) is 3.51. The lowest BCUT2D eigenvalue weighted by Crippen LogP contribution is -2.15. The highest BCUT2D eigenvalue weighted by Gasteiger charge is 2.09. The Labute approximate surface area is 89.3 Å². The van der Waals surface area contributed by atoms with Crippen LogP contribution in [0.4, 0.5) is 0 Å². The van der Waals surface area contributed by atoms with Crippen LogP contribution in [0.1, 0.15) is 53.9 Å². The van der Waals surface area contributed by atoms with Crippen molar-refractivity contribution in [3.05, 3.63) is 0 Å². The fourth-order valence-corrected chi connectivity index (χ4v) is 1.27. The topological polar surface area (TPSA) is 33.0 Å². The maximum atomic E-state index is 8.34. The Morgan fingerprint density at radius 3 is 2.21 bits per heavy atom. The molecule has 0 saturated carbocycles. The molecule has 0 aromatic carbocycles. The van der Waals surface area contributed by atoms with E-state index >= 15 is 0 Å². The first-order valence-electron chi connectivity index (χ1n) is 5.69. The summed E-state index contributed by atoms with van der Waals surface area (Å²) in [5, 5.41) is 8.34. The Morgan fingerprint density at radius 1 is 1.29 bits per heavy atom. The average Bonchev–Trinajstić information content (AvgIpc) is 2.17. The van der Waals surface area contributed by atoms with Crippen LogP contribution in [0.2, 0.25) is 0 Å². The fourth-order valence-electron chi connectivity index (χ4n) is 1.27. The predicted octanol–water partition coefficient (Wildman–Crippen LogP) is 3.77. The first-order chi connectivity index (χ1) is 6.70. The van der Waals surface area contributed by atoms with Gasteiger partial charge in [0.2, 0.25) is 0 Å². The van der Waals surface area contributed by atoms with Crippen molar-refractivity contribution in [3.63, 3.8) is 0 Å². The van der Waals surface area contributed by atoms with Crippen molar-refractivity contribution in [1.29, 1.82) is 5.26 Å². The summed E-state index contributed by atoms with van der Waals surface area (Å²) in [5.74, 6) is 0.653. The molecule has 0 spiro atoms. The summed E-state index contributed by atoms with van der Waals surface area (Å²) in [5.41, 5.74) is 0. The lowest BCUT2D eigenvalue weighted by atomic mass is 10.0. The molecule has 0 heterocycles. The number of hydrogen-bond acceptors (Lipinski definition) is 2. The highest BCUT2D eigenvalue weighted by Crippen LogP contribution is 2.12. The summed E-state index contributed by atoms with van der Waals surface area (Å²) in [7, 11) is 0. The van der Waals surface area contributed by atoms with Crippen LogP contribution >= 0.6 is 0 Å². The average molecular weight is 199 g/mol. The zero-order valence-corrected chi connectivity index (χ0v) is 10.3. The predicted molar refractivity (Wildman–Crippen MR) is 61.1 cm³/mol. The molecule has 0 aliphatic carbocycles. The van der Waals surface area contributed by atoms with E-state index in [2.05, 4.69) is 20.8 Å². The molecule has 1 atom stereocenters. The third-order valence-corrected chi connectivity index (χ3v) is 1.73. The number of hydrogen-bond donors (Lipinski definition) is 0. The van der Waals surface area contributed by atoms with Crippen LogP contribution in [-0.2, 0) is 4.74 Å². The molecule has 0 aromatic rings. The molecule has 84 valence electrons. The second kappa shape index (κ2) is 12.4. The van der Waals surface area contributed by atoms with Gasteiger partial charge in [-0.15, -0.1) is 0 Å². The molecule has 0 aliphatic rings. The van der Waals surface area contributed by atoms with Crippen LogP contribution in [-0.4, -0.2) is 12.7 Å². The molecule has 2 heteroatoms. The maximum absolute atomic E-state index is 8.34. The van der Waals surface area contributed by atoms with E-state index in [9.17, 15) is 0 Å². The molecule has 0 rings (SSSR count). The minimum atomic E-state index is 0.234. The number of nitrogens with zero attached hydrogens (tertiary/aromatic N) is 1. The summed E-state index contributed by atoms with van der Waals surface area (Å²) < 4.78 is 5.38. The van der Waals surface area contributed by atoms with E-state index in [1.807, 2.05) is 19.9 Å². The van der Waals surface area contributed by atoms with Crippen LogP contribution < -0.4 is 0 Å². The molecule has 0 saturated heterocycles. The zero-order chi connectivity index (χ0) is 11.4. The van der Waals surface area contributed by atoms with Crippen LogP contribution in [0.15, 0.2) is 0 Å². The van der Waals surface area contributed by atoms with Gasteiger partial charge >= 0.3 is 0 Å². The highest BCUT2D eigenvalue weighted by molar-refractivity contribution is 4.70. The normalized spacial score (nSPS) is 11.5. The molecule has 0 aliphatic heterocycles. The van der Waals surface area contributed by atoms with E-state index in [-0.39, 0.29) is 12.7 Å². The summed E-state index contributed by atoms with van der Waals surface area (Å²) in [6, 6.07) is 2.01. The van der Waals surface area contributed by atoms with Gasteiger partial charge in [-0.05, 0) is 18.8 Å². The first kappa shape index (κ1) is 15.9. The van der Waals surface area contributed by atoms with Crippen molar-refractivity contribution >= 4 is 0 Å². The van der Waals surface area contributed by atoms with Crippen molar-refractivity contribution in [3.8, 4) is 6.07 Å². The van der Waals surface area contributed by atoms with Gasteiger partial charge in [0, 0.05) is 0 Å². The van der Waals surface area contributed by atoms with Gasteiger partial charge in [-0.2, -0.15) is 5.26 Å². The van der Waals surface area contributed by atoms with E-state index in [0.29, 0.717) is 5.92 Å². The molecule has 0 radical (unpaired) electrons. The van der Waals surface area contributed by atoms with E-state index in [0.717, 1.165) is 19.3 Å². The van der Waals surface area contributed by atoms with Crippen LogP contribution in [0.5, 0.6) is 0 Å². The van der Waals surface area contributed by atoms with E-state index in [4.69, 9.17) is 10.00 Å². The van der Waals surface area contributed by atoms with Crippen LogP contribution in [0, 0.1) is 17.2 Å². The molecule has 14 heavy (non-hydrogen) atoms. The smallest absolute Gasteiger partial charge is 0.134 e. The third kappa shape index (κ3) is 11.4. The number of ether oxygens (including phenoxy) is 1. The number of rotatable bonds is 6. The van der Waals surface area contributed by atoms with E-state index < -0.39 is 0 Å². The standard InChI is InChI=1S/C10H19NO.C2H6/c1-4-5-10(8-9(2)3)12-7-6-11;1-2/h9-10H,4-5,7-8H2,1-3H3;1-2H3. The zero-order valence-electron chi connectivity index (χ0n) is 10.3. The lowest BCUT2D eigenvalue weighted by Gasteiger charge is -2.17. The molecule has 0 amide bonds. The monoisotopic (exact) mass is 199 g/mol. The molecule has 0 fully saturated rings. The summed E-state index contributed by atoms with van der Waals surface area (Å²) in [4.78, 5) is 0. The minimum absolute atomic E-state index is 0.234. The van der Waals surface area contributed by atoms with Gasteiger partial charge in [0.1, 0.15) is 6.61 Å². The Morgan fingerprint density at radius 2 is 1.86 bits per heavy atom. The van der Waals surface area contributed by atoms with Crippen LogP contribution in [0.25, 0.3) is 0 Å². The summed E-state index contributed by atoms with van der Waals surface area (Å²) >= 11 is 0. The Bertz CT molecular complexity index is 138. The molecule has 0 N–H and O–H groups in total. The summed E-state index contributed by atoms with van der Waals surface area (Å²) in [6.07, 6.45) is 3.55. The molecule has 1 unspecified atom stereocenters. The quantitative estimate of drug-likeness (QED) is 0.652. The Hall–Kier alpha value is -0.550. The SMILES string of the molecule is CC.CCCC(CC(C)C)OCC#N. The summed E-state index contributed by atoms with van der Waals surface area (Å²) in [6.45, 7) is 10.7. The Kier molecular flexibility index (Phi) is 14.1. The molecule has 2 nitrogen and oxygen atoms in total. The molecular formula is C12H25NO. The second-order valence-corrected chi connectivity index (χ2v) is 3.51. The Balaban J connectivity index is 0. The minimum Gasteiger partial charge on any atom is -0.363 e. The van der Waals surface area contributed by atoms with Gasteiger partial charge in [-0.3, -0.25) is 0 Å². The third-order valence-electron chi connectivity index (χ3n) is 1.73. The fraction of sp³-hybridized carbons (Fsp3) is 0.917. The van der Waals surface area contributed by atoms with E-state index in [1.54, 1.807) is 0 Å². The van der Waals surface area contributed by atoms with Crippen molar-refractivity contribution in [2.45, 2.75) is 60.0 Å². The van der Waals surface area contributed by atoms with Gasteiger partial charge in [-0.1, -0.05) is 41.0 Å². The highest BCUT2D eigenvalue weighted by atomic mass is 16.5. The lowest BCUT2D eigenvalue weighted by molar-refractivity contribution is 0.0543. The van der Waals surface area contributed by atoms with Gasteiger partial charge in [0.05, 0.1) is 12.2 Å². The van der Waals surface area contributed by atoms with Gasteiger partial charge in [-0.25, -0.2) is 0 Å². The largest absolute Gasteiger partial charge is 0.363 e. The van der Waals surface area contributed by atoms with Crippen molar-refractivity contribution in [1.82, 2.24) is 0 Å². The number of nitriles is 1. The van der Waals surface area contributed by atoms with Gasteiger partial charge < -0.3 is 4.74 Å². The first-order valence-corrected chi connectivity index (χ1v) is 5.69. The van der Waals surface area contributed by atoms with E-state index in [1.165, 1.54) is 0 Å². The molecule has 0 bridgehead atoms. The maximum Gasteiger partial charge on any atom is 0.134 e. The molecule has 0 aromatic heterocycles. The van der Waals surface area contributed by atoms with Crippen LogP contribution in [0.3, 0.4) is 0 Å². The molecular weight excluding hydrogens is 174 g/mol.